The average Bonchev–Trinajstić information content (AvgIpc) is 3.64. The Morgan fingerprint density at radius 1 is 0.627 bits per heavy atom. The fourth-order valence-corrected chi connectivity index (χ4v) is 8.03. The van der Waals surface area contributed by atoms with Crippen molar-refractivity contribution in [2.45, 2.75) is 30.8 Å². The van der Waals surface area contributed by atoms with Gasteiger partial charge in [0.2, 0.25) is 0 Å². The van der Waals surface area contributed by atoms with Crippen molar-refractivity contribution in [3.63, 3.8) is 0 Å². The lowest BCUT2D eigenvalue weighted by Crippen LogP contribution is -2.43. The summed E-state index contributed by atoms with van der Waals surface area (Å²) in [5, 5.41) is 7.68. The van der Waals surface area contributed by atoms with E-state index in [0.29, 0.717) is 0 Å². The molecule has 0 spiro atoms. The molecule has 10 rings (SSSR count). The van der Waals surface area contributed by atoms with Crippen molar-refractivity contribution in [2.24, 2.45) is 4.99 Å². The van der Waals surface area contributed by atoms with E-state index < -0.39 is 0 Å². The minimum Gasteiger partial charge on any atom is -0.464 e. The third-order valence-corrected chi connectivity index (χ3v) is 10.5. The molecule has 51 heavy (non-hydrogen) atoms. The Morgan fingerprint density at radius 2 is 1.35 bits per heavy atom. The summed E-state index contributed by atoms with van der Waals surface area (Å²) < 4.78 is 6.65. The Labute approximate surface area is 298 Å². The molecule has 3 heterocycles. The van der Waals surface area contributed by atoms with Crippen LogP contribution >= 0.6 is 0 Å². The van der Waals surface area contributed by atoms with Crippen molar-refractivity contribution >= 4 is 17.2 Å². The highest BCUT2D eigenvalue weighted by Crippen LogP contribution is 2.52. The Kier molecular flexibility index (Phi) is 7.09. The molecule has 5 nitrogen and oxygen atoms in total. The van der Waals surface area contributed by atoms with Crippen molar-refractivity contribution in [2.75, 3.05) is 10.2 Å². The van der Waals surface area contributed by atoms with Crippen LogP contribution in [0.5, 0.6) is 5.75 Å². The van der Waals surface area contributed by atoms with E-state index in [1.165, 1.54) is 22.4 Å². The molecular formula is C46H36N4O. The summed E-state index contributed by atoms with van der Waals surface area (Å²) in [5.74, 6) is 2.17. The van der Waals surface area contributed by atoms with Crippen LogP contribution in [-0.2, 0) is 0 Å². The van der Waals surface area contributed by atoms with E-state index in [1.807, 2.05) is 6.07 Å². The van der Waals surface area contributed by atoms with Gasteiger partial charge in [-0.25, -0.2) is 4.99 Å². The molecule has 2 N–H and O–H groups in total. The normalized spacial score (nSPS) is 21.1. The number of nitrogens with zero attached hydrogens (tertiary/aromatic N) is 2. The van der Waals surface area contributed by atoms with E-state index in [2.05, 4.69) is 179 Å². The van der Waals surface area contributed by atoms with Crippen molar-refractivity contribution in [3.05, 3.63) is 209 Å². The zero-order valence-electron chi connectivity index (χ0n) is 28.0. The van der Waals surface area contributed by atoms with E-state index in [9.17, 15) is 0 Å². The van der Waals surface area contributed by atoms with Crippen molar-refractivity contribution in [1.82, 2.24) is 5.32 Å². The molecule has 6 aromatic rings. The number of allylic oxidation sites excluding steroid dienone is 4. The van der Waals surface area contributed by atoms with Gasteiger partial charge in [-0.3, -0.25) is 4.90 Å². The minimum atomic E-state index is -0.275. The number of nitrogens with one attached hydrogen (secondary N) is 2. The van der Waals surface area contributed by atoms with Gasteiger partial charge in [-0.05, 0) is 70.1 Å². The molecule has 4 atom stereocenters. The largest absolute Gasteiger partial charge is 0.464 e. The van der Waals surface area contributed by atoms with Crippen LogP contribution in [0.4, 0.5) is 11.4 Å². The smallest absolute Gasteiger partial charge is 0.196 e. The van der Waals surface area contributed by atoms with Gasteiger partial charge >= 0.3 is 0 Å². The number of fused-ring (bicyclic) bond motifs is 5. The number of benzene rings is 6. The summed E-state index contributed by atoms with van der Waals surface area (Å²) in [6.45, 7) is 0. The van der Waals surface area contributed by atoms with Crippen molar-refractivity contribution < 1.29 is 4.74 Å². The highest BCUT2D eigenvalue weighted by Gasteiger charge is 2.38. The van der Waals surface area contributed by atoms with Crippen LogP contribution in [0.2, 0.25) is 0 Å². The van der Waals surface area contributed by atoms with Crippen LogP contribution in [0.25, 0.3) is 11.1 Å². The van der Waals surface area contributed by atoms with Crippen molar-refractivity contribution in [1.29, 1.82) is 0 Å². The monoisotopic (exact) mass is 660 g/mol. The van der Waals surface area contributed by atoms with Gasteiger partial charge in [-0.1, -0.05) is 140 Å². The standard InChI is InChI=1S/C46H36N4O/c1-4-13-31(14-5-1)42-38-27-28-40-43(41(38)37-21-10-11-22-39(37)47-42)48-46(51-40)35-18-12-17-34(29-35)30-23-25-33(26-24-30)45-49-44(32-15-6-2-7-16-32)50(45)36-19-8-3-9-20-36/h1-20,22-29,37,42,45-48H,21H2. The second kappa shape index (κ2) is 12.2. The molecule has 5 heteroatoms. The van der Waals surface area contributed by atoms with Crippen LogP contribution in [-0.4, -0.2) is 5.84 Å². The SMILES string of the molecule is C1=CCC2C(=C1)NC(c1ccccc1)c1ccc3c(c12)NC(c1cccc(-c2ccc(C4N=C(c5ccccc5)N4c4ccccc4)cc2)c1)O3. The number of amidine groups is 1. The van der Waals surface area contributed by atoms with E-state index in [-0.39, 0.29) is 24.4 Å². The maximum Gasteiger partial charge on any atom is 0.196 e. The second-order valence-electron chi connectivity index (χ2n) is 13.6. The molecular weight excluding hydrogens is 625 g/mol. The summed E-state index contributed by atoms with van der Waals surface area (Å²) in [6, 6.07) is 53.7. The lowest BCUT2D eigenvalue weighted by molar-refractivity contribution is 0.260. The lowest BCUT2D eigenvalue weighted by Gasteiger charge is -2.40. The first-order chi connectivity index (χ1) is 25.3. The summed E-state index contributed by atoms with van der Waals surface area (Å²) >= 11 is 0. The average molecular weight is 661 g/mol. The Bertz CT molecular complexity index is 2330. The Hall–Kier alpha value is -6.33. The molecule has 0 bridgehead atoms. The topological polar surface area (TPSA) is 48.9 Å². The van der Waals surface area contributed by atoms with Gasteiger partial charge in [0.15, 0.2) is 12.4 Å². The number of hydrogen-bond acceptors (Lipinski definition) is 5. The molecule has 0 saturated heterocycles. The van der Waals surface area contributed by atoms with E-state index in [1.54, 1.807) is 0 Å². The molecule has 3 aliphatic heterocycles. The van der Waals surface area contributed by atoms with Gasteiger partial charge in [0.05, 0.1) is 11.7 Å². The lowest BCUT2D eigenvalue weighted by atomic mass is 9.78. The molecule has 0 fully saturated rings. The quantitative estimate of drug-likeness (QED) is 0.187. The van der Waals surface area contributed by atoms with Gasteiger partial charge < -0.3 is 15.4 Å². The molecule has 1 aliphatic carbocycles. The highest BCUT2D eigenvalue weighted by molar-refractivity contribution is 6.14. The van der Waals surface area contributed by atoms with Gasteiger partial charge in [0, 0.05) is 28.4 Å². The summed E-state index contributed by atoms with van der Waals surface area (Å²) in [4.78, 5) is 7.42. The van der Waals surface area contributed by atoms with Gasteiger partial charge in [0.1, 0.15) is 11.6 Å². The Morgan fingerprint density at radius 3 is 2.16 bits per heavy atom. The van der Waals surface area contributed by atoms with Crippen LogP contribution in [0.15, 0.2) is 181 Å². The predicted octanol–water partition coefficient (Wildman–Crippen LogP) is 10.4. The number of rotatable bonds is 6. The summed E-state index contributed by atoms with van der Waals surface area (Å²) in [7, 11) is 0. The molecule has 0 aromatic heterocycles. The van der Waals surface area contributed by atoms with Crippen molar-refractivity contribution in [3.8, 4) is 16.9 Å². The van der Waals surface area contributed by atoms with Gasteiger partial charge in [-0.2, -0.15) is 0 Å². The highest BCUT2D eigenvalue weighted by atomic mass is 16.5. The maximum atomic E-state index is 6.65. The third kappa shape index (κ3) is 5.12. The number of para-hydroxylation sites is 1. The molecule has 6 aromatic carbocycles. The number of aliphatic imine (C=N–C) groups is 1. The molecule has 4 aliphatic rings. The molecule has 0 radical (unpaired) electrons. The fraction of sp³-hybridized carbons (Fsp3) is 0.109. The summed E-state index contributed by atoms with van der Waals surface area (Å²) in [5.41, 5.74) is 13.1. The minimum absolute atomic E-state index is 0.0739. The molecule has 0 saturated carbocycles. The van der Waals surface area contributed by atoms with E-state index >= 15 is 0 Å². The zero-order valence-corrected chi connectivity index (χ0v) is 28.0. The zero-order chi connectivity index (χ0) is 33.7. The van der Waals surface area contributed by atoms with Crippen LogP contribution in [0, 0.1) is 0 Å². The summed E-state index contributed by atoms with van der Waals surface area (Å²) in [6.07, 6.45) is 7.28. The first-order valence-electron chi connectivity index (χ1n) is 17.7. The predicted molar refractivity (Wildman–Crippen MR) is 206 cm³/mol. The molecule has 0 amide bonds. The number of ether oxygens (including phenoxy) is 1. The van der Waals surface area contributed by atoms with Crippen LogP contribution in [0.1, 0.15) is 64.2 Å². The maximum absolute atomic E-state index is 6.65. The van der Waals surface area contributed by atoms with Crippen LogP contribution in [0.3, 0.4) is 0 Å². The molecule has 4 unspecified atom stereocenters. The van der Waals surface area contributed by atoms with Crippen LogP contribution < -0.4 is 20.3 Å². The first-order valence-corrected chi connectivity index (χ1v) is 17.7. The Balaban J connectivity index is 0.931. The fourth-order valence-electron chi connectivity index (χ4n) is 8.03. The van der Waals surface area contributed by atoms with E-state index in [4.69, 9.17) is 9.73 Å². The first kappa shape index (κ1) is 29.6. The van der Waals surface area contributed by atoms with E-state index in [0.717, 1.165) is 57.2 Å². The van der Waals surface area contributed by atoms with Gasteiger partial charge in [-0.15, -0.1) is 0 Å². The third-order valence-electron chi connectivity index (χ3n) is 10.5. The second-order valence-corrected chi connectivity index (χ2v) is 13.6. The number of anilines is 2. The molecule has 246 valence electrons. The van der Waals surface area contributed by atoms with Gasteiger partial charge in [0.25, 0.3) is 0 Å². The number of hydrogen-bond donors (Lipinski definition) is 2.